The van der Waals surface area contributed by atoms with Crippen molar-refractivity contribution in [2.45, 2.75) is 6.10 Å². The van der Waals surface area contributed by atoms with Gasteiger partial charge in [-0.2, -0.15) is 0 Å². The van der Waals surface area contributed by atoms with Crippen LogP contribution in [0, 0.1) is 0 Å². The van der Waals surface area contributed by atoms with Crippen LogP contribution in [0.4, 0.5) is 0 Å². The van der Waals surface area contributed by atoms with Crippen LogP contribution in [-0.2, 0) is 0 Å². The minimum absolute atomic E-state index is 0.139. The third-order valence-electron chi connectivity index (χ3n) is 2.71. The van der Waals surface area contributed by atoms with Crippen LogP contribution in [0.15, 0.2) is 54.6 Å². The van der Waals surface area contributed by atoms with Crippen molar-refractivity contribution < 1.29 is 20.1 Å². The van der Waals surface area contributed by atoms with Crippen LogP contribution in [0.2, 0.25) is 0 Å². The predicted octanol–water partition coefficient (Wildman–Crippen LogP) is 2.03. The topological polar surface area (TPSA) is 89.8 Å². The summed E-state index contributed by atoms with van der Waals surface area (Å²) in [5.41, 5.74) is 0.893. The van der Waals surface area contributed by atoms with Crippen molar-refractivity contribution in [2.24, 2.45) is 0 Å². The lowest BCUT2D eigenvalue weighted by Gasteiger charge is -2.11. The molecule has 1 unspecified atom stereocenters. The third kappa shape index (κ3) is 5.64. The van der Waals surface area contributed by atoms with E-state index in [1.807, 2.05) is 0 Å². The molecule has 0 aliphatic heterocycles. The lowest BCUT2D eigenvalue weighted by molar-refractivity contribution is 0.0697. The van der Waals surface area contributed by atoms with Crippen LogP contribution >= 0.6 is 0 Å². The van der Waals surface area contributed by atoms with E-state index in [1.54, 1.807) is 61.6 Å². The Hall–Kier alpha value is -2.37. The molecule has 0 aromatic heterocycles. The number of aliphatic hydroxyl groups is 1. The van der Waals surface area contributed by atoms with Crippen molar-refractivity contribution in [3.05, 3.63) is 65.7 Å². The van der Waals surface area contributed by atoms with Crippen molar-refractivity contribution in [3.63, 3.8) is 0 Å². The van der Waals surface area contributed by atoms with Crippen molar-refractivity contribution >= 4 is 5.97 Å². The third-order valence-corrected chi connectivity index (χ3v) is 2.71. The highest BCUT2D eigenvalue weighted by atomic mass is 16.4. The number of phenolic OH excluding ortho intramolecular Hbond substituents is 1. The Bertz CT molecular complexity index is 557. The van der Waals surface area contributed by atoms with Gasteiger partial charge in [-0.3, -0.25) is 0 Å². The molecule has 2 rings (SSSR count). The van der Waals surface area contributed by atoms with Gasteiger partial charge in [-0.15, -0.1) is 0 Å². The predicted molar refractivity (Wildman–Crippen MR) is 80.4 cm³/mol. The Kier molecular flexibility index (Phi) is 6.94. The molecule has 0 aliphatic carbocycles. The Morgan fingerprint density at radius 1 is 1.10 bits per heavy atom. The fourth-order valence-corrected chi connectivity index (χ4v) is 1.65. The van der Waals surface area contributed by atoms with E-state index < -0.39 is 12.1 Å². The Labute approximate surface area is 123 Å². The monoisotopic (exact) mass is 289 g/mol. The minimum Gasteiger partial charge on any atom is -0.508 e. The maximum atomic E-state index is 10.2. The minimum atomic E-state index is -0.879. The Balaban J connectivity index is 0.000000219. The summed E-state index contributed by atoms with van der Waals surface area (Å²) in [7, 11) is 1.75. The molecular formula is C16H19NO4. The highest BCUT2D eigenvalue weighted by Gasteiger charge is 2.09. The summed E-state index contributed by atoms with van der Waals surface area (Å²) in [5, 5.41) is 30.0. The first-order chi connectivity index (χ1) is 10.1. The lowest BCUT2D eigenvalue weighted by Crippen LogP contribution is -2.16. The summed E-state index contributed by atoms with van der Waals surface area (Å²) < 4.78 is 0. The number of hydrogen-bond donors (Lipinski definition) is 4. The number of carbonyl (C=O) groups is 1. The molecule has 0 saturated carbocycles. The lowest BCUT2D eigenvalue weighted by atomic mass is 10.1. The molecule has 0 amide bonds. The number of aromatic hydroxyl groups is 1. The molecule has 4 N–H and O–H groups in total. The first-order valence-electron chi connectivity index (χ1n) is 6.45. The standard InChI is InChI=1S/C9H13NO2.C7H6O2/c1-10-6-9(12)7-4-2-3-5-8(7)11;8-7(9)6-4-2-1-3-5-6/h2-5,9-12H,6H2,1H3;1-5H,(H,8,9). The van der Waals surface area contributed by atoms with E-state index >= 15 is 0 Å². The van der Waals surface area contributed by atoms with Gasteiger partial charge in [0.05, 0.1) is 11.7 Å². The number of para-hydroxylation sites is 1. The van der Waals surface area contributed by atoms with Crippen LogP contribution < -0.4 is 5.32 Å². The fourth-order valence-electron chi connectivity index (χ4n) is 1.65. The van der Waals surface area contributed by atoms with Gasteiger partial charge in [-0.1, -0.05) is 36.4 Å². The van der Waals surface area contributed by atoms with Gasteiger partial charge in [0.15, 0.2) is 0 Å². The summed E-state index contributed by atoms with van der Waals surface area (Å²) in [4.78, 5) is 10.2. The molecule has 0 spiro atoms. The van der Waals surface area contributed by atoms with E-state index in [-0.39, 0.29) is 5.75 Å². The number of benzene rings is 2. The molecule has 0 bridgehead atoms. The SMILES string of the molecule is CNCC(O)c1ccccc1O.O=C(O)c1ccccc1. The van der Waals surface area contributed by atoms with Gasteiger partial charge in [-0.05, 0) is 25.2 Å². The van der Waals surface area contributed by atoms with Crippen molar-refractivity contribution in [3.8, 4) is 5.75 Å². The van der Waals surface area contributed by atoms with Gasteiger partial charge in [-0.25, -0.2) is 4.79 Å². The molecule has 1 atom stereocenters. The number of likely N-dealkylation sites (N-methyl/N-ethyl adjacent to an activating group) is 1. The summed E-state index contributed by atoms with van der Waals surface area (Å²) >= 11 is 0. The van der Waals surface area contributed by atoms with Gasteiger partial charge in [0.1, 0.15) is 5.75 Å². The molecule has 5 heteroatoms. The molecule has 2 aromatic rings. The number of aromatic carboxylic acids is 1. The molecule has 21 heavy (non-hydrogen) atoms. The summed E-state index contributed by atoms with van der Waals surface area (Å²) in [6.45, 7) is 0.442. The second-order valence-corrected chi connectivity index (χ2v) is 4.30. The van der Waals surface area contributed by atoms with E-state index in [2.05, 4.69) is 5.32 Å². The van der Waals surface area contributed by atoms with E-state index in [4.69, 9.17) is 5.11 Å². The van der Waals surface area contributed by atoms with Crippen LogP contribution in [0.1, 0.15) is 22.0 Å². The van der Waals surface area contributed by atoms with Gasteiger partial charge in [0, 0.05) is 12.1 Å². The van der Waals surface area contributed by atoms with Gasteiger partial charge in [0.2, 0.25) is 0 Å². The number of aliphatic hydroxyl groups excluding tert-OH is 1. The van der Waals surface area contributed by atoms with E-state index in [1.165, 1.54) is 0 Å². The van der Waals surface area contributed by atoms with Gasteiger partial charge in [0.25, 0.3) is 0 Å². The highest BCUT2D eigenvalue weighted by molar-refractivity contribution is 5.87. The average Bonchev–Trinajstić information content (AvgIpc) is 2.49. The normalized spacial score (nSPS) is 11.1. The molecule has 0 aliphatic rings. The number of phenols is 1. The van der Waals surface area contributed by atoms with E-state index in [9.17, 15) is 15.0 Å². The summed E-state index contributed by atoms with van der Waals surface area (Å²) in [6.07, 6.45) is -0.642. The molecule has 112 valence electrons. The van der Waals surface area contributed by atoms with Crippen LogP contribution in [-0.4, -0.2) is 34.9 Å². The first kappa shape index (κ1) is 16.7. The van der Waals surface area contributed by atoms with E-state index in [0.717, 1.165) is 0 Å². The maximum absolute atomic E-state index is 10.2. The molecular weight excluding hydrogens is 270 g/mol. The van der Waals surface area contributed by atoms with Crippen LogP contribution in [0.5, 0.6) is 5.75 Å². The molecule has 2 aromatic carbocycles. The summed E-state index contributed by atoms with van der Waals surface area (Å²) in [6, 6.07) is 15.1. The molecule has 0 saturated heterocycles. The number of nitrogens with one attached hydrogen (secondary N) is 1. The maximum Gasteiger partial charge on any atom is 0.335 e. The van der Waals surface area contributed by atoms with Crippen molar-refractivity contribution in [1.29, 1.82) is 0 Å². The average molecular weight is 289 g/mol. The van der Waals surface area contributed by atoms with Crippen LogP contribution in [0.3, 0.4) is 0 Å². The number of carboxylic acids is 1. The first-order valence-corrected chi connectivity index (χ1v) is 6.45. The van der Waals surface area contributed by atoms with E-state index in [0.29, 0.717) is 17.7 Å². The largest absolute Gasteiger partial charge is 0.508 e. The van der Waals surface area contributed by atoms with Gasteiger partial charge < -0.3 is 20.6 Å². The molecule has 0 heterocycles. The second-order valence-electron chi connectivity index (χ2n) is 4.30. The fraction of sp³-hybridized carbons (Fsp3) is 0.188. The second kappa shape index (κ2) is 8.73. The quantitative estimate of drug-likeness (QED) is 0.691. The smallest absolute Gasteiger partial charge is 0.335 e. The number of carboxylic acid groups (broad SMARTS) is 1. The molecule has 0 radical (unpaired) electrons. The Morgan fingerprint density at radius 2 is 1.67 bits per heavy atom. The Morgan fingerprint density at radius 3 is 2.14 bits per heavy atom. The van der Waals surface area contributed by atoms with Crippen LogP contribution in [0.25, 0.3) is 0 Å². The van der Waals surface area contributed by atoms with Crippen molar-refractivity contribution in [2.75, 3.05) is 13.6 Å². The molecule has 5 nitrogen and oxygen atoms in total. The zero-order valence-electron chi connectivity index (χ0n) is 11.7. The zero-order valence-corrected chi connectivity index (χ0v) is 11.7. The number of hydrogen-bond acceptors (Lipinski definition) is 4. The zero-order chi connectivity index (χ0) is 15.7. The number of rotatable bonds is 4. The summed E-state index contributed by atoms with van der Waals surface area (Å²) in [5.74, 6) is -0.740. The molecule has 0 fully saturated rings. The van der Waals surface area contributed by atoms with Crippen molar-refractivity contribution in [1.82, 2.24) is 5.32 Å². The van der Waals surface area contributed by atoms with Gasteiger partial charge >= 0.3 is 5.97 Å². The highest BCUT2D eigenvalue weighted by Crippen LogP contribution is 2.22.